The maximum Gasteiger partial charge on any atom is 0.378 e. The summed E-state index contributed by atoms with van der Waals surface area (Å²) in [5, 5.41) is 11.6. The number of rotatable bonds is 2. The molecule has 0 atom stereocenters. The van der Waals surface area contributed by atoms with Gasteiger partial charge >= 0.3 is 5.97 Å². The molecule has 0 amide bonds. The molecule has 0 fully saturated rings. The quantitative estimate of drug-likeness (QED) is 0.714. The van der Waals surface area contributed by atoms with Gasteiger partial charge in [-0.1, -0.05) is 11.6 Å². The zero-order valence-electron chi connectivity index (χ0n) is 7.85. The number of fused-ring (bicyclic) bond motifs is 1. The highest BCUT2D eigenvalue weighted by molar-refractivity contribution is 6.29. The number of nitrogens with zero attached hydrogens (tertiary/aromatic N) is 4. The first kappa shape index (κ1) is 9.85. The minimum absolute atomic E-state index is 0.0225. The van der Waals surface area contributed by atoms with E-state index in [4.69, 9.17) is 16.3 Å². The van der Waals surface area contributed by atoms with Crippen molar-refractivity contribution < 1.29 is 9.53 Å². The van der Waals surface area contributed by atoms with E-state index in [2.05, 4.69) is 15.3 Å². The Hall–Kier alpha value is -1.69. The maximum absolute atomic E-state index is 11.4. The van der Waals surface area contributed by atoms with E-state index in [1.807, 2.05) is 0 Å². The largest absolute Gasteiger partial charge is 0.460 e. The van der Waals surface area contributed by atoms with Crippen LogP contribution in [0.25, 0.3) is 5.65 Å². The summed E-state index contributed by atoms with van der Waals surface area (Å²) in [6.07, 6.45) is 0. The molecule has 0 saturated heterocycles. The summed E-state index contributed by atoms with van der Waals surface area (Å²) in [5.74, 6) is -0.547. The molecule has 0 N–H and O–H groups in total. The highest BCUT2D eigenvalue weighted by atomic mass is 35.5. The van der Waals surface area contributed by atoms with Crippen molar-refractivity contribution in [3.63, 3.8) is 0 Å². The monoisotopic (exact) mass is 226 g/mol. The number of hydrogen-bond donors (Lipinski definition) is 0. The topological polar surface area (TPSA) is 69.4 Å². The second-order valence-electron chi connectivity index (χ2n) is 2.67. The van der Waals surface area contributed by atoms with Crippen LogP contribution >= 0.6 is 11.6 Å². The van der Waals surface area contributed by atoms with Crippen LogP contribution in [-0.4, -0.2) is 32.4 Å². The third-order valence-electron chi connectivity index (χ3n) is 1.69. The molecule has 7 heteroatoms. The molecule has 0 radical (unpaired) electrons. The first-order chi connectivity index (χ1) is 7.22. The maximum atomic E-state index is 11.4. The van der Waals surface area contributed by atoms with E-state index in [9.17, 15) is 4.79 Å². The van der Waals surface area contributed by atoms with E-state index in [-0.39, 0.29) is 17.6 Å². The number of carbonyl (C=O) groups excluding carboxylic acids is 1. The predicted octanol–water partition coefficient (Wildman–Crippen LogP) is 0.954. The molecular formula is C8H7ClN4O2. The smallest absolute Gasteiger partial charge is 0.378 e. The van der Waals surface area contributed by atoms with E-state index >= 15 is 0 Å². The summed E-state index contributed by atoms with van der Waals surface area (Å²) in [6, 6.07) is 3.19. The normalized spacial score (nSPS) is 10.5. The standard InChI is InChI=1S/C8H7ClN4O2/c1-2-15-8(14)7-11-10-6-4-3-5(9)12-13(6)7/h3-4H,2H2,1H3. The van der Waals surface area contributed by atoms with E-state index in [0.29, 0.717) is 5.65 Å². The van der Waals surface area contributed by atoms with Crippen molar-refractivity contribution in [3.8, 4) is 0 Å². The molecule has 0 aliphatic carbocycles. The van der Waals surface area contributed by atoms with Crippen LogP contribution in [0.1, 0.15) is 17.5 Å². The van der Waals surface area contributed by atoms with Gasteiger partial charge in [-0.05, 0) is 19.1 Å². The van der Waals surface area contributed by atoms with Gasteiger partial charge < -0.3 is 4.74 Å². The highest BCUT2D eigenvalue weighted by Gasteiger charge is 2.16. The van der Waals surface area contributed by atoms with Crippen molar-refractivity contribution in [1.29, 1.82) is 0 Å². The average Bonchev–Trinajstić information content (AvgIpc) is 2.60. The van der Waals surface area contributed by atoms with Crippen LogP contribution in [0.3, 0.4) is 0 Å². The molecule has 0 aliphatic heterocycles. The van der Waals surface area contributed by atoms with Gasteiger partial charge in [0.25, 0.3) is 5.82 Å². The number of halogens is 1. The first-order valence-electron chi connectivity index (χ1n) is 4.27. The van der Waals surface area contributed by atoms with Crippen LogP contribution in [0, 0.1) is 0 Å². The van der Waals surface area contributed by atoms with Gasteiger partial charge in [0, 0.05) is 0 Å². The Labute approximate surface area is 89.8 Å². The number of carbonyl (C=O) groups is 1. The van der Waals surface area contributed by atoms with E-state index in [1.165, 1.54) is 4.52 Å². The van der Waals surface area contributed by atoms with Crippen LogP contribution in [0.5, 0.6) is 0 Å². The SMILES string of the molecule is CCOC(=O)c1nnc2ccc(Cl)nn12. The Morgan fingerprint density at radius 3 is 3.07 bits per heavy atom. The molecule has 6 nitrogen and oxygen atoms in total. The summed E-state index contributed by atoms with van der Waals surface area (Å²) in [4.78, 5) is 11.4. The summed E-state index contributed by atoms with van der Waals surface area (Å²) in [5.41, 5.74) is 0.447. The molecule has 2 rings (SSSR count). The number of ether oxygens (including phenoxy) is 1. The van der Waals surface area contributed by atoms with Gasteiger partial charge in [0.1, 0.15) is 5.15 Å². The second-order valence-corrected chi connectivity index (χ2v) is 3.06. The highest BCUT2D eigenvalue weighted by Crippen LogP contribution is 2.07. The summed E-state index contributed by atoms with van der Waals surface area (Å²) >= 11 is 5.69. The van der Waals surface area contributed by atoms with E-state index < -0.39 is 5.97 Å². The summed E-state index contributed by atoms with van der Waals surface area (Å²) in [7, 11) is 0. The predicted molar refractivity (Wildman–Crippen MR) is 51.7 cm³/mol. The van der Waals surface area contributed by atoms with Crippen molar-refractivity contribution in [3.05, 3.63) is 23.1 Å². The molecule has 2 aromatic heterocycles. The van der Waals surface area contributed by atoms with Gasteiger partial charge in [-0.2, -0.15) is 9.61 Å². The molecule has 0 bridgehead atoms. The van der Waals surface area contributed by atoms with Crippen LogP contribution in [0.2, 0.25) is 5.15 Å². The van der Waals surface area contributed by atoms with Gasteiger partial charge in [0.05, 0.1) is 6.61 Å². The van der Waals surface area contributed by atoms with Crippen molar-refractivity contribution in [1.82, 2.24) is 19.8 Å². The molecule has 78 valence electrons. The number of esters is 1. The third-order valence-corrected chi connectivity index (χ3v) is 1.89. The van der Waals surface area contributed by atoms with Crippen LogP contribution in [0.15, 0.2) is 12.1 Å². The second kappa shape index (κ2) is 3.82. The molecule has 15 heavy (non-hydrogen) atoms. The molecule has 0 aliphatic rings. The number of aromatic nitrogens is 4. The average molecular weight is 227 g/mol. The molecule has 0 aromatic carbocycles. The van der Waals surface area contributed by atoms with Crippen LogP contribution in [0.4, 0.5) is 0 Å². The molecule has 0 saturated carbocycles. The summed E-state index contributed by atoms with van der Waals surface area (Å²) in [6.45, 7) is 1.98. The number of hydrogen-bond acceptors (Lipinski definition) is 5. The molecule has 0 unspecified atom stereocenters. The Kier molecular flexibility index (Phi) is 2.51. The van der Waals surface area contributed by atoms with Crippen LogP contribution in [-0.2, 0) is 4.74 Å². The fraction of sp³-hybridized carbons (Fsp3) is 0.250. The molecular weight excluding hydrogens is 220 g/mol. The lowest BCUT2D eigenvalue weighted by atomic mass is 10.5. The minimum Gasteiger partial charge on any atom is -0.460 e. The lowest BCUT2D eigenvalue weighted by Crippen LogP contribution is -2.11. The first-order valence-corrected chi connectivity index (χ1v) is 4.65. The van der Waals surface area contributed by atoms with E-state index in [1.54, 1.807) is 19.1 Å². The van der Waals surface area contributed by atoms with Gasteiger partial charge in [0.2, 0.25) is 0 Å². The fourth-order valence-electron chi connectivity index (χ4n) is 1.09. The zero-order chi connectivity index (χ0) is 10.8. The Morgan fingerprint density at radius 1 is 1.53 bits per heavy atom. The third kappa shape index (κ3) is 1.75. The minimum atomic E-state index is -0.570. The Balaban J connectivity index is 2.52. The van der Waals surface area contributed by atoms with Crippen molar-refractivity contribution in [2.45, 2.75) is 6.92 Å². The van der Waals surface area contributed by atoms with Gasteiger partial charge in [-0.25, -0.2) is 4.79 Å². The lowest BCUT2D eigenvalue weighted by Gasteiger charge is -1.98. The van der Waals surface area contributed by atoms with Crippen LogP contribution < -0.4 is 0 Å². The van der Waals surface area contributed by atoms with Crippen molar-refractivity contribution >= 4 is 23.2 Å². The van der Waals surface area contributed by atoms with Crippen molar-refractivity contribution in [2.24, 2.45) is 0 Å². The van der Waals surface area contributed by atoms with Gasteiger partial charge in [0.15, 0.2) is 5.65 Å². The van der Waals surface area contributed by atoms with Crippen molar-refractivity contribution in [2.75, 3.05) is 6.61 Å². The molecule has 2 heterocycles. The fourth-order valence-corrected chi connectivity index (χ4v) is 1.23. The zero-order valence-corrected chi connectivity index (χ0v) is 8.60. The summed E-state index contributed by atoms with van der Waals surface area (Å²) < 4.78 is 6.04. The van der Waals surface area contributed by atoms with Gasteiger partial charge in [-0.3, -0.25) is 0 Å². The Bertz CT molecular complexity index is 510. The van der Waals surface area contributed by atoms with E-state index in [0.717, 1.165) is 0 Å². The molecule has 0 spiro atoms. The Morgan fingerprint density at radius 2 is 2.33 bits per heavy atom. The van der Waals surface area contributed by atoms with Gasteiger partial charge in [-0.15, -0.1) is 10.2 Å². The molecule has 2 aromatic rings. The lowest BCUT2D eigenvalue weighted by molar-refractivity contribution is 0.0509.